The van der Waals surface area contributed by atoms with E-state index >= 15 is 0 Å². The van der Waals surface area contributed by atoms with Gasteiger partial charge in [0, 0.05) is 16.6 Å². The first-order valence-electron chi connectivity index (χ1n) is 8.48. The topological polar surface area (TPSA) is 73.1 Å². The van der Waals surface area contributed by atoms with Crippen LogP contribution in [0.3, 0.4) is 0 Å². The van der Waals surface area contributed by atoms with E-state index in [2.05, 4.69) is 41.3 Å². The third kappa shape index (κ3) is 3.15. The van der Waals surface area contributed by atoms with E-state index in [-0.39, 0.29) is 17.6 Å². The van der Waals surface area contributed by atoms with E-state index in [0.717, 1.165) is 36.4 Å². The smallest absolute Gasteiger partial charge is 0.253 e. The summed E-state index contributed by atoms with van der Waals surface area (Å²) in [6, 6.07) is 3.89. The van der Waals surface area contributed by atoms with Crippen LogP contribution in [0.5, 0.6) is 5.75 Å². The van der Waals surface area contributed by atoms with E-state index in [4.69, 9.17) is 9.15 Å². The van der Waals surface area contributed by atoms with E-state index in [0.29, 0.717) is 11.8 Å². The lowest BCUT2D eigenvalue weighted by Crippen LogP contribution is -2.58. The molecule has 2 heterocycles. The molecule has 0 aliphatic heterocycles. The molecule has 0 atom stereocenters. The van der Waals surface area contributed by atoms with Crippen molar-refractivity contribution in [3.05, 3.63) is 35.3 Å². The number of hydrogen-bond acceptors (Lipinski definition) is 6. The second-order valence-electron chi connectivity index (χ2n) is 7.27. The van der Waals surface area contributed by atoms with Crippen LogP contribution in [-0.4, -0.2) is 27.8 Å². The lowest BCUT2D eigenvalue weighted by Gasteiger charge is -2.50. The van der Waals surface area contributed by atoms with Gasteiger partial charge in [-0.15, -0.1) is 10.2 Å². The number of nitrogens with one attached hydrogen (secondary N) is 1. The monoisotopic (exact) mass is 330 g/mol. The predicted molar refractivity (Wildman–Crippen MR) is 91.0 cm³/mol. The molecule has 6 nitrogen and oxygen atoms in total. The third-order valence-electron chi connectivity index (χ3n) is 4.91. The van der Waals surface area contributed by atoms with Crippen LogP contribution < -0.4 is 10.1 Å². The molecule has 1 aliphatic carbocycles. The van der Waals surface area contributed by atoms with Gasteiger partial charge in [0.25, 0.3) is 5.89 Å². The molecule has 24 heavy (non-hydrogen) atoms. The van der Waals surface area contributed by atoms with Gasteiger partial charge < -0.3 is 14.5 Å². The molecule has 130 valence electrons. The average molecular weight is 330 g/mol. The van der Waals surface area contributed by atoms with E-state index in [9.17, 15) is 0 Å². The Bertz CT molecular complexity index is 720. The number of pyridine rings is 1. The first-order valence-corrected chi connectivity index (χ1v) is 8.48. The molecule has 0 aromatic carbocycles. The zero-order valence-electron chi connectivity index (χ0n) is 15.1. The molecule has 0 spiro atoms. The predicted octanol–water partition coefficient (Wildman–Crippen LogP) is 2.94. The number of hydrogen-bond donors (Lipinski definition) is 1. The SMILES string of the molecule is CCc1nc(C)ccc1OCc1nnc(C2(C)CC(C)(NC)C2)o1. The first-order chi connectivity index (χ1) is 11.4. The molecule has 2 aromatic heterocycles. The van der Waals surface area contributed by atoms with Gasteiger partial charge in [-0.25, -0.2) is 0 Å². The summed E-state index contributed by atoms with van der Waals surface area (Å²) in [5.41, 5.74) is 2.04. The molecule has 2 aromatic rings. The summed E-state index contributed by atoms with van der Waals surface area (Å²) in [6.07, 6.45) is 2.80. The molecule has 1 saturated carbocycles. The summed E-state index contributed by atoms with van der Waals surface area (Å²) >= 11 is 0. The van der Waals surface area contributed by atoms with Crippen molar-refractivity contribution in [2.45, 2.75) is 64.5 Å². The Kier molecular flexibility index (Phi) is 4.34. The average Bonchev–Trinajstić information content (AvgIpc) is 3.01. The van der Waals surface area contributed by atoms with E-state index in [1.54, 1.807) is 0 Å². The zero-order chi connectivity index (χ0) is 17.4. The molecule has 1 aliphatic rings. The molecule has 0 unspecified atom stereocenters. The highest BCUT2D eigenvalue weighted by Crippen LogP contribution is 2.49. The third-order valence-corrected chi connectivity index (χ3v) is 4.91. The number of rotatable bonds is 6. The minimum Gasteiger partial charge on any atom is -0.482 e. The molecule has 3 rings (SSSR count). The number of aryl methyl sites for hydroxylation is 2. The molecule has 6 heteroatoms. The van der Waals surface area contributed by atoms with Crippen molar-refractivity contribution >= 4 is 0 Å². The Morgan fingerprint density at radius 3 is 2.67 bits per heavy atom. The Morgan fingerprint density at radius 1 is 1.25 bits per heavy atom. The molecule has 0 radical (unpaired) electrons. The van der Waals surface area contributed by atoms with Crippen molar-refractivity contribution in [3.63, 3.8) is 0 Å². The van der Waals surface area contributed by atoms with Gasteiger partial charge in [-0.05, 0) is 52.3 Å². The van der Waals surface area contributed by atoms with Gasteiger partial charge in [-0.1, -0.05) is 13.8 Å². The number of aromatic nitrogens is 3. The summed E-state index contributed by atoms with van der Waals surface area (Å²) in [7, 11) is 1.99. The van der Waals surface area contributed by atoms with Crippen molar-refractivity contribution in [2.24, 2.45) is 0 Å². The van der Waals surface area contributed by atoms with Gasteiger partial charge in [-0.2, -0.15) is 0 Å². The quantitative estimate of drug-likeness (QED) is 0.878. The summed E-state index contributed by atoms with van der Waals surface area (Å²) in [6.45, 7) is 8.69. The van der Waals surface area contributed by atoms with Crippen LogP contribution >= 0.6 is 0 Å². The minimum absolute atomic E-state index is 0.0526. The second-order valence-corrected chi connectivity index (χ2v) is 7.27. The molecular weight excluding hydrogens is 304 g/mol. The molecular formula is C18H26N4O2. The largest absolute Gasteiger partial charge is 0.482 e. The summed E-state index contributed by atoms with van der Waals surface area (Å²) in [5.74, 6) is 1.99. The van der Waals surface area contributed by atoms with Gasteiger partial charge in [0.2, 0.25) is 5.89 Å². The molecule has 0 bridgehead atoms. The van der Waals surface area contributed by atoms with Crippen LogP contribution in [0, 0.1) is 6.92 Å². The lowest BCUT2D eigenvalue weighted by molar-refractivity contribution is 0.0786. The van der Waals surface area contributed by atoms with Gasteiger partial charge in [0.05, 0.1) is 5.69 Å². The maximum atomic E-state index is 5.85. The van der Waals surface area contributed by atoms with Crippen LogP contribution in [-0.2, 0) is 18.4 Å². The summed E-state index contributed by atoms with van der Waals surface area (Å²) in [4.78, 5) is 4.50. The van der Waals surface area contributed by atoms with E-state index in [1.807, 2.05) is 26.1 Å². The molecule has 0 amide bonds. The summed E-state index contributed by atoms with van der Waals surface area (Å²) < 4.78 is 11.7. The van der Waals surface area contributed by atoms with E-state index in [1.165, 1.54) is 0 Å². The van der Waals surface area contributed by atoms with Crippen molar-refractivity contribution in [3.8, 4) is 5.75 Å². The maximum absolute atomic E-state index is 5.85. The molecule has 1 N–H and O–H groups in total. The molecule has 0 saturated heterocycles. The van der Waals surface area contributed by atoms with Gasteiger partial charge in [-0.3, -0.25) is 4.98 Å². The fourth-order valence-corrected chi connectivity index (χ4v) is 3.68. The second kappa shape index (κ2) is 6.16. The minimum atomic E-state index is -0.0526. The highest BCUT2D eigenvalue weighted by Gasteiger charge is 2.52. The Balaban J connectivity index is 1.65. The molecule has 1 fully saturated rings. The van der Waals surface area contributed by atoms with Crippen molar-refractivity contribution in [1.29, 1.82) is 0 Å². The maximum Gasteiger partial charge on any atom is 0.253 e. The highest BCUT2D eigenvalue weighted by molar-refractivity contribution is 5.29. The number of nitrogens with zero attached hydrogens (tertiary/aromatic N) is 3. The van der Waals surface area contributed by atoms with Gasteiger partial charge in [0.1, 0.15) is 5.75 Å². The van der Waals surface area contributed by atoms with Crippen LogP contribution in [0.2, 0.25) is 0 Å². The normalized spacial score (nSPS) is 26.2. The Hall–Kier alpha value is -1.95. The Labute approximate surface area is 143 Å². The number of ether oxygens (including phenoxy) is 1. The van der Waals surface area contributed by atoms with Crippen LogP contribution in [0.15, 0.2) is 16.5 Å². The summed E-state index contributed by atoms with van der Waals surface area (Å²) in [5, 5.41) is 11.7. The van der Waals surface area contributed by atoms with E-state index < -0.39 is 0 Å². The van der Waals surface area contributed by atoms with Crippen LogP contribution in [0.4, 0.5) is 0 Å². The fourth-order valence-electron chi connectivity index (χ4n) is 3.68. The van der Waals surface area contributed by atoms with Crippen LogP contribution in [0.1, 0.15) is 56.8 Å². The fraction of sp³-hybridized carbons (Fsp3) is 0.611. The van der Waals surface area contributed by atoms with Gasteiger partial charge >= 0.3 is 0 Å². The van der Waals surface area contributed by atoms with Crippen molar-refractivity contribution in [1.82, 2.24) is 20.5 Å². The zero-order valence-corrected chi connectivity index (χ0v) is 15.1. The lowest BCUT2D eigenvalue weighted by atomic mass is 9.59. The van der Waals surface area contributed by atoms with Gasteiger partial charge in [0.15, 0.2) is 6.61 Å². The first kappa shape index (κ1) is 16.9. The highest BCUT2D eigenvalue weighted by atomic mass is 16.5. The van der Waals surface area contributed by atoms with Crippen LogP contribution in [0.25, 0.3) is 0 Å². The van der Waals surface area contributed by atoms with Crippen molar-refractivity contribution < 1.29 is 9.15 Å². The van der Waals surface area contributed by atoms with Crippen molar-refractivity contribution in [2.75, 3.05) is 7.05 Å². The Morgan fingerprint density at radius 2 is 2.00 bits per heavy atom. The standard InChI is InChI=1S/C18H26N4O2/c1-6-13-14(8-7-12(2)20-13)23-9-15-21-22-16(24-15)17(3)10-18(4,11-17)19-5/h7-8,19H,6,9-11H2,1-5H3.